The molecule has 1 saturated heterocycles. The van der Waals surface area contributed by atoms with Crippen LogP contribution in [0, 0.1) is 0 Å². The first kappa shape index (κ1) is 15.9. The fourth-order valence-corrected chi connectivity index (χ4v) is 2.25. The van der Waals surface area contributed by atoms with E-state index in [4.69, 9.17) is 9.31 Å². The molecule has 5 nitrogen and oxygen atoms in total. The van der Waals surface area contributed by atoms with E-state index in [0.29, 0.717) is 12.2 Å². The molecule has 1 aromatic rings. The molecule has 1 N–H and O–H groups in total. The first-order valence-corrected chi connectivity index (χ1v) is 7.14. The first-order valence-electron chi connectivity index (χ1n) is 7.14. The Labute approximate surface area is 126 Å². The summed E-state index contributed by atoms with van der Waals surface area (Å²) in [5.41, 5.74) is 0.624. The molecule has 0 spiro atoms. The molecule has 1 heterocycles. The Morgan fingerprint density at radius 1 is 1.24 bits per heavy atom. The number of carbonyl (C=O) groups is 1. The van der Waals surface area contributed by atoms with Crippen LogP contribution in [0.15, 0.2) is 24.3 Å². The molecule has 0 bridgehead atoms. The van der Waals surface area contributed by atoms with Crippen LogP contribution in [0.4, 0.5) is 10.5 Å². The summed E-state index contributed by atoms with van der Waals surface area (Å²) in [5.74, 6) is 0. The fraction of sp³-hybridized carbons (Fsp3) is 0.533. The third kappa shape index (κ3) is 2.92. The van der Waals surface area contributed by atoms with E-state index in [1.807, 2.05) is 39.8 Å². The lowest BCUT2D eigenvalue weighted by molar-refractivity contribution is 0.00578. The predicted octanol–water partition coefficient (Wildman–Crippen LogP) is 2.49. The molecule has 1 fully saturated rings. The van der Waals surface area contributed by atoms with Crippen molar-refractivity contribution in [3.63, 3.8) is 0 Å². The van der Waals surface area contributed by atoms with Crippen molar-refractivity contribution in [3.8, 4) is 0 Å². The molecule has 6 heteroatoms. The average Bonchev–Trinajstić information content (AvgIpc) is 2.59. The van der Waals surface area contributed by atoms with Crippen LogP contribution < -0.4 is 10.4 Å². The Hall–Kier alpha value is -1.53. The third-order valence-corrected chi connectivity index (χ3v) is 4.25. The zero-order chi connectivity index (χ0) is 15.8. The molecule has 2 rings (SSSR count). The summed E-state index contributed by atoms with van der Waals surface area (Å²) in [7, 11) is -0.484. The zero-order valence-electron chi connectivity index (χ0n) is 13.2. The van der Waals surface area contributed by atoms with Crippen LogP contribution >= 0.6 is 0 Å². The molecular weight excluding hydrogens is 269 g/mol. The Balaban J connectivity index is 2.29. The number of amides is 1. The molecule has 0 atom stereocenters. The molecule has 0 aromatic heterocycles. The Bertz CT molecular complexity index is 528. The molecule has 21 heavy (non-hydrogen) atoms. The SMILES string of the molecule is CCN(C(=O)O)c1cccc(B2OC(C)(C)C(C)(C)O2)c1. The molecular formula is C15H22BNO4. The molecule has 0 saturated carbocycles. The number of benzene rings is 1. The zero-order valence-corrected chi connectivity index (χ0v) is 13.2. The number of carboxylic acid groups (broad SMARTS) is 1. The summed E-state index contributed by atoms with van der Waals surface area (Å²) in [6.07, 6.45) is -0.969. The third-order valence-electron chi connectivity index (χ3n) is 4.25. The molecule has 1 aliphatic rings. The smallest absolute Gasteiger partial charge is 0.465 e. The van der Waals surface area contributed by atoms with Crippen molar-refractivity contribution in [1.29, 1.82) is 0 Å². The van der Waals surface area contributed by atoms with E-state index in [1.165, 1.54) is 4.90 Å². The molecule has 1 amide bonds. The predicted molar refractivity (Wildman–Crippen MR) is 83.2 cm³/mol. The van der Waals surface area contributed by atoms with Crippen LogP contribution in [0.25, 0.3) is 0 Å². The van der Waals surface area contributed by atoms with E-state index in [9.17, 15) is 9.90 Å². The number of hydrogen-bond donors (Lipinski definition) is 1. The van der Waals surface area contributed by atoms with E-state index >= 15 is 0 Å². The van der Waals surface area contributed by atoms with Crippen LogP contribution in [0.1, 0.15) is 34.6 Å². The second-order valence-electron chi connectivity index (χ2n) is 6.21. The normalized spacial score (nSPS) is 19.6. The van der Waals surface area contributed by atoms with Gasteiger partial charge in [0.2, 0.25) is 0 Å². The highest BCUT2D eigenvalue weighted by molar-refractivity contribution is 6.62. The van der Waals surface area contributed by atoms with Gasteiger partial charge in [-0.2, -0.15) is 0 Å². The number of anilines is 1. The molecule has 114 valence electrons. The Morgan fingerprint density at radius 2 is 1.81 bits per heavy atom. The van der Waals surface area contributed by atoms with Gasteiger partial charge in [0.05, 0.1) is 11.2 Å². The van der Waals surface area contributed by atoms with Crippen molar-refractivity contribution in [2.45, 2.75) is 45.8 Å². The second kappa shape index (κ2) is 5.35. The second-order valence-corrected chi connectivity index (χ2v) is 6.21. The van der Waals surface area contributed by atoms with E-state index in [0.717, 1.165) is 5.46 Å². The topological polar surface area (TPSA) is 59.0 Å². The van der Waals surface area contributed by atoms with Gasteiger partial charge in [0.25, 0.3) is 0 Å². The van der Waals surface area contributed by atoms with Gasteiger partial charge in [0, 0.05) is 12.2 Å². The molecule has 0 aliphatic carbocycles. The highest BCUT2D eigenvalue weighted by atomic mass is 16.7. The van der Waals surface area contributed by atoms with Crippen LogP contribution in [0.2, 0.25) is 0 Å². The monoisotopic (exact) mass is 291 g/mol. The van der Waals surface area contributed by atoms with E-state index < -0.39 is 24.4 Å². The maximum absolute atomic E-state index is 11.2. The van der Waals surface area contributed by atoms with Crippen molar-refractivity contribution in [1.82, 2.24) is 0 Å². The fourth-order valence-electron chi connectivity index (χ4n) is 2.25. The Kier molecular flexibility index (Phi) is 4.04. The lowest BCUT2D eigenvalue weighted by Crippen LogP contribution is -2.41. The van der Waals surface area contributed by atoms with Crippen LogP contribution in [0.5, 0.6) is 0 Å². The maximum atomic E-state index is 11.2. The minimum absolute atomic E-state index is 0.391. The molecule has 0 unspecified atom stereocenters. The van der Waals surface area contributed by atoms with Crippen LogP contribution in [0.3, 0.4) is 0 Å². The average molecular weight is 291 g/mol. The van der Waals surface area contributed by atoms with E-state index in [-0.39, 0.29) is 0 Å². The van der Waals surface area contributed by atoms with Gasteiger partial charge in [-0.1, -0.05) is 12.1 Å². The van der Waals surface area contributed by atoms with Crippen LogP contribution in [-0.2, 0) is 9.31 Å². The summed E-state index contributed by atoms with van der Waals surface area (Å²) in [4.78, 5) is 12.5. The molecule has 1 aromatic carbocycles. The van der Waals surface area contributed by atoms with Crippen molar-refractivity contribution < 1.29 is 19.2 Å². The minimum atomic E-state index is -0.969. The largest absolute Gasteiger partial charge is 0.494 e. The standard InChI is InChI=1S/C15H22BNO4/c1-6-17(13(18)19)12-9-7-8-11(10-12)16-20-14(2,3)15(4,5)21-16/h7-10H,6H2,1-5H3,(H,18,19). The number of rotatable bonds is 3. The minimum Gasteiger partial charge on any atom is -0.465 e. The van der Waals surface area contributed by atoms with Gasteiger partial charge in [0.1, 0.15) is 0 Å². The van der Waals surface area contributed by atoms with Crippen LogP contribution in [-0.4, -0.2) is 36.1 Å². The lowest BCUT2D eigenvalue weighted by atomic mass is 9.79. The lowest BCUT2D eigenvalue weighted by Gasteiger charge is -2.32. The van der Waals surface area contributed by atoms with Gasteiger partial charge in [-0.05, 0) is 52.2 Å². The summed E-state index contributed by atoms with van der Waals surface area (Å²) in [5, 5.41) is 9.21. The van der Waals surface area contributed by atoms with Gasteiger partial charge in [-0.3, -0.25) is 4.90 Å². The first-order chi connectivity index (χ1) is 9.68. The molecule has 0 radical (unpaired) electrons. The maximum Gasteiger partial charge on any atom is 0.494 e. The van der Waals surface area contributed by atoms with Gasteiger partial charge in [0.15, 0.2) is 0 Å². The quantitative estimate of drug-likeness (QED) is 0.869. The highest BCUT2D eigenvalue weighted by Crippen LogP contribution is 2.36. The van der Waals surface area contributed by atoms with Crippen molar-refractivity contribution in [3.05, 3.63) is 24.3 Å². The number of hydrogen-bond acceptors (Lipinski definition) is 3. The van der Waals surface area contributed by atoms with E-state index in [2.05, 4.69) is 0 Å². The van der Waals surface area contributed by atoms with Gasteiger partial charge in [-0.15, -0.1) is 0 Å². The Morgan fingerprint density at radius 3 is 2.29 bits per heavy atom. The summed E-state index contributed by atoms with van der Waals surface area (Å²) in [6, 6.07) is 7.29. The number of nitrogens with zero attached hydrogens (tertiary/aromatic N) is 1. The van der Waals surface area contributed by atoms with Crippen molar-refractivity contribution >= 4 is 24.4 Å². The molecule has 1 aliphatic heterocycles. The van der Waals surface area contributed by atoms with Gasteiger partial charge in [-0.25, -0.2) is 4.79 Å². The summed E-state index contributed by atoms with van der Waals surface area (Å²) >= 11 is 0. The van der Waals surface area contributed by atoms with Gasteiger partial charge >= 0.3 is 13.2 Å². The van der Waals surface area contributed by atoms with Gasteiger partial charge < -0.3 is 14.4 Å². The van der Waals surface area contributed by atoms with Crippen molar-refractivity contribution in [2.75, 3.05) is 11.4 Å². The summed E-state index contributed by atoms with van der Waals surface area (Å²) in [6.45, 7) is 10.2. The van der Waals surface area contributed by atoms with E-state index in [1.54, 1.807) is 19.1 Å². The van der Waals surface area contributed by atoms with Crippen molar-refractivity contribution in [2.24, 2.45) is 0 Å². The highest BCUT2D eigenvalue weighted by Gasteiger charge is 2.51. The summed E-state index contributed by atoms with van der Waals surface area (Å²) < 4.78 is 12.0.